The number of carbonyl (C=O) groups is 1. The molecular weight excluding hydrogens is 180 g/mol. The van der Waals surface area contributed by atoms with E-state index < -0.39 is 11.7 Å². The summed E-state index contributed by atoms with van der Waals surface area (Å²) in [4.78, 5) is 11.7. The van der Waals surface area contributed by atoms with E-state index in [2.05, 4.69) is 6.08 Å². The molecule has 1 saturated carbocycles. The molecule has 3 aliphatic rings. The first-order chi connectivity index (χ1) is 6.54. The molecule has 1 aliphatic heterocycles. The number of hydrogen-bond donors (Lipinski definition) is 1. The number of ether oxygens (including phenoxy) is 1. The number of carbonyl (C=O) groups excluding carboxylic acids is 1. The number of hydrogen-bond acceptors (Lipinski definition) is 3. The van der Waals surface area contributed by atoms with E-state index in [9.17, 15) is 9.90 Å². The molecule has 0 aromatic heterocycles. The van der Waals surface area contributed by atoms with Crippen molar-refractivity contribution in [1.82, 2.24) is 0 Å². The van der Waals surface area contributed by atoms with Crippen LogP contribution >= 0.6 is 0 Å². The molecule has 0 unspecified atom stereocenters. The minimum absolute atomic E-state index is 0.123. The van der Waals surface area contributed by atoms with Crippen LogP contribution in [-0.2, 0) is 9.53 Å². The maximum absolute atomic E-state index is 11.7. The molecule has 0 amide bonds. The molecule has 3 heteroatoms. The second-order valence-corrected chi connectivity index (χ2v) is 4.88. The van der Waals surface area contributed by atoms with Crippen molar-refractivity contribution in [3.63, 3.8) is 0 Å². The lowest BCUT2D eigenvalue weighted by atomic mass is 9.67. The number of aliphatic hydroxyl groups is 1. The lowest BCUT2D eigenvalue weighted by molar-refractivity contribution is -0.136. The molecule has 1 N–H and O–H groups in total. The Morgan fingerprint density at radius 3 is 3.00 bits per heavy atom. The van der Waals surface area contributed by atoms with Gasteiger partial charge in [0.15, 0.2) is 11.9 Å². The summed E-state index contributed by atoms with van der Waals surface area (Å²) in [7, 11) is 0. The quantitative estimate of drug-likeness (QED) is 0.458. The van der Waals surface area contributed by atoms with Crippen LogP contribution in [0.15, 0.2) is 11.6 Å². The van der Waals surface area contributed by atoms with Crippen LogP contribution in [0.4, 0.5) is 0 Å². The minimum atomic E-state index is -0.829. The van der Waals surface area contributed by atoms with Gasteiger partial charge in [-0.25, -0.2) is 0 Å². The van der Waals surface area contributed by atoms with E-state index >= 15 is 0 Å². The van der Waals surface area contributed by atoms with Crippen LogP contribution in [0.3, 0.4) is 0 Å². The number of rotatable bonds is 0. The average Bonchev–Trinajstić information content (AvgIpc) is 2.85. The molecule has 0 aromatic carbocycles. The Hall–Kier alpha value is -0.670. The summed E-state index contributed by atoms with van der Waals surface area (Å²) >= 11 is 0. The highest BCUT2D eigenvalue weighted by Gasteiger charge is 2.80. The van der Waals surface area contributed by atoms with Crippen molar-refractivity contribution < 1.29 is 14.6 Å². The van der Waals surface area contributed by atoms with Gasteiger partial charge in [0.1, 0.15) is 11.7 Å². The fourth-order valence-corrected chi connectivity index (χ4v) is 3.32. The summed E-state index contributed by atoms with van der Waals surface area (Å²) in [6.07, 6.45) is 2.72. The Morgan fingerprint density at radius 1 is 1.64 bits per heavy atom. The molecule has 14 heavy (non-hydrogen) atoms. The number of epoxide rings is 1. The van der Waals surface area contributed by atoms with Crippen molar-refractivity contribution in [3.8, 4) is 0 Å². The molecule has 0 radical (unpaired) electrons. The van der Waals surface area contributed by atoms with Gasteiger partial charge in [0, 0.05) is 5.41 Å². The second-order valence-electron chi connectivity index (χ2n) is 4.88. The number of ketones is 1. The van der Waals surface area contributed by atoms with Gasteiger partial charge < -0.3 is 9.84 Å². The summed E-state index contributed by atoms with van der Waals surface area (Å²) in [5.74, 6) is -0.123. The summed E-state index contributed by atoms with van der Waals surface area (Å²) in [5.41, 5.74) is 0.302. The van der Waals surface area contributed by atoms with Crippen LogP contribution in [0.2, 0.25) is 0 Å². The highest BCUT2D eigenvalue weighted by Crippen LogP contribution is 2.66. The number of Topliss-reactive ketones (excluding diaryl/α,β-unsaturated/α-hetero) is 1. The fraction of sp³-hybridized carbons (Fsp3) is 0.727. The van der Waals surface area contributed by atoms with Crippen molar-refractivity contribution >= 4 is 5.78 Å². The minimum Gasteiger partial charge on any atom is -0.385 e. The van der Waals surface area contributed by atoms with E-state index in [0.717, 1.165) is 18.4 Å². The van der Waals surface area contributed by atoms with E-state index in [1.54, 1.807) is 0 Å². The molecule has 2 fully saturated rings. The number of allylic oxidation sites excluding steroid dienone is 1. The third kappa shape index (κ3) is 0.615. The zero-order chi connectivity index (χ0) is 10.1. The Morgan fingerprint density at radius 2 is 2.36 bits per heavy atom. The first-order valence-corrected chi connectivity index (χ1v) is 5.11. The average molecular weight is 194 g/mol. The molecule has 0 bridgehead atoms. The topological polar surface area (TPSA) is 49.8 Å². The molecule has 2 aliphatic carbocycles. The van der Waals surface area contributed by atoms with Gasteiger partial charge in [-0.3, -0.25) is 4.79 Å². The molecule has 3 rings (SSSR count). The van der Waals surface area contributed by atoms with Gasteiger partial charge in [-0.05, 0) is 25.3 Å². The fourth-order valence-electron chi connectivity index (χ4n) is 3.32. The van der Waals surface area contributed by atoms with Gasteiger partial charge in [-0.2, -0.15) is 0 Å². The highest BCUT2D eigenvalue weighted by atomic mass is 16.6. The zero-order valence-electron chi connectivity index (χ0n) is 8.41. The van der Waals surface area contributed by atoms with E-state index in [1.807, 2.05) is 13.8 Å². The monoisotopic (exact) mass is 194 g/mol. The first kappa shape index (κ1) is 8.62. The summed E-state index contributed by atoms with van der Waals surface area (Å²) in [6, 6.07) is 0. The van der Waals surface area contributed by atoms with Crippen LogP contribution < -0.4 is 0 Å². The Labute approximate surface area is 82.8 Å². The maximum Gasteiger partial charge on any atom is 0.193 e. The standard InChI is InChI=1S/C11H14O3/c1-6-4-3-5-10(2)8(13)7(12)9-11(6,10)14-9/h4,8-9,13H,3,5H2,1-2H3/t8-,9+,10-,11+/m0/s1. The summed E-state index contributed by atoms with van der Waals surface area (Å²) in [6.45, 7) is 3.97. The van der Waals surface area contributed by atoms with Crippen LogP contribution in [-0.4, -0.2) is 28.7 Å². The highest BCUT2D eigenvalue weighted by molar-refractivity contribution is 5.97. The van der Waals surface area contributed by atoms with Crippen molar-refractivity contribution in [2.75, 3.05) is 0 Å². The number of aliphatic hydroxyl groups excluding tert-OH is 1. The summed E-state index contributed by atoms with van der Waals surface area (Å²) in [5, 5.41) is 9.91. The van der Waals surface area contributed by atoms with Crippen LogP contribution in [0, 0.1) is 5.41 Å². The molecule has 0 aromatic rings. The second kappa shape index (κ2) is 2.12. The largest absolute Gasteiger partial charge is 0.385 e. The van der Waals surface area contributed by atoms with Crippen LogP contribution in [0.5, 0.6) is 0 Å². The smallest absolute Gasteiger partial charge is 0.193 e. The normalized spacial score (nSPS) is 55.1. The first-order valence-electron chi connectivity index (χ1n) is 5.11. The Balaban J connectivity index is 2.17. The van der Waals surface area contributed by atoms with Gasteiger partial charge in [0.2, 0.25) is 0 Å². The van der Waals surface area contributed by atoms with E-state index in [-0.39, 0.29) is 17.3 Å². The third-order valence-corrected chi connectivity index (χ3v) is 4.30. The lowest BCUT2D eigenvalue weighted by Crippen LogP contribution is -2.45. The molecule has 1 spiro atoms. The Kier molecular flexibility index (Phi) is 1.31. The lowest BCUT2D eigenvalue weighted by Gasteiger charge is -2.38. The zero-order valence-corrected chi connectivity index (χ0v) is 8.41. The van der Waals surface area contributed by atoms with Crippen LogP contribution in [0.1, 0.15) is 26.7 Å². The van der Waals surface area contributed by atoms with Gasteiger partial charge >= 0.3 is 0 Å². The predicted octanol–water partition coefficient (Wildman–Crippen LogP) is 0.814. The van der Waals surface area contributed by atoms with Gasteiger partial charge in [-0.1, -0.05) is 13.0 Å². The van der Waals surface area contributed by atoms with Gasteiger partial charge in [0.25, 0.3) is 0 Å². The maximum atomic E-state index is 11.7. The van der Waals surface area contributed by atoms with Crippen molar-refractivity contribution in [3.05, 3.63) is 11.6 Å². The SMILES string of the molecule is CC1=CCC[C@@]2(C)[C@@H](O)C(=O)[C@H]3O[C@]132. The molecular formula is C11H14O3. The van der Waals surface area contributed by atoms with Gasteiger partial charge in [0.05, 0.1) is 0 Å². The van der Waals surface area contributed by atoms with Gasteiger partial charge in [-0.15, -0.1) is 0 Å². The summed E-state index contributed by atoms with van der Waals surface area (Å²) < 4.78 is 5.56. The molecule has 76 valence electrons. The van der Waals surface area contributed by atoms with Crippen molar-refractivity contribution in [2.45, 2.75) is 44.5 Å². The molecule has 4 atom stereocenters. The molecule has 1 saturated heterocycles. The van der Waals surface area contributed by atoms with Crippen molar-refractivity contribution in [1.29, 1.82) is 0 Å². The predicted molar refractivity (Wildman–Crippen MR) is 49.7 cm³/mol. The molecule has 1 heterocycles. The van der Waals surface area contributed by atoms with Crippen molar-refractivity contribution in [2.24, 2.45) is 5.41 Å². The third-order valence-electron chi connectivity index (χ3n) is 4.30. The molecule has 3 nitrogen and oxygen atoms in total. The Bertz CT molecular complexity index is 360. The van der Waals surface area contributed by atoms with E-state index in [4.69, 9.17) is 4.74 Å². The van der Waals surface area contributed by atoms with Crippen LogP contribution in [0.25, 0.3) is 0 Å². The van der Waals surface area contributed by atoms with E-state index in [0.29, 0.717) is 0 Å². The van der Waals surface area contributed by atoms with E-state index in [1.165, 1.54) is 0 Å².